The second kappa shape index (κ2) is 9.96. The molecule has 4 aromatic rings. The van der Waals surface area contributed by atoms with Crippen LogP contribution in [0.1, 0.15) is 29.7 Å². The molecular formula is C29H26N4O2. The highest BCUT2D eigenvalue weighted by atomic mass is 16.3. The second-order valence-electron chi connectivity index (χ2n) is 8.87. The number of anilines is 1. The molecular weight excluding hydrogens is 436 g/mol. The Balaban J connectivity index is 1.40. The number of amides is 1. The van der Waals surface area contributed by atoms with E-state index in [0.717, 1.165) is 42.1 Å². The van der Waals surface area contributed by atoms with Gasteiger partial charge in [0, 0.05) is 6.20 Å². The van der Waals surface area contributed by atoms with E-state index in [4.69, 9.17) is 9.68 Å². The number of pyridine rings is 1. The van der Waals surface area contributed by atoms with Crippen LogP contribution in [-0.2, 0) is 16.8 Å². The smallest absolute Gasteiger partial charge is 0.236 e. The molecule has 1 N–H and O–H groups in total. The summed E-state index contributed by atoms with van der Waals surface area (Å²) in [6.45, 7) is 2.31. The predicted octanol–water partition coefficient (Wildman–Crippen LogP) is 5.39. The van der Waals surface area contributed by atoms with Gasteiger partial charge in [-0.1, -0.05) is 42.5 Å². The molecule has 0 aliphatic carbocycles. The Morgan fingerprint density at radius 3 is 2.29 bits per heavy atom. The van der Waals surface area contributed by atoms with Gasteiger partial charge in [0.1, 0.15) is 11.6 Å². The van der Waals surface area contributed by atoms with Gasteiger partial charge in [0.15, 0.2) is 0 Å². The summed E-state index contributed by atoms with van der Waals surface area (Å²) in [6.07, 6.45) is 4.77. The van der Waals surface area contributed by atoms with Crippen molar-refractivity contribution < 1.29 is 9.21 Å². The van der Waals surface area contributed by atoms with E-state index in [1.165, 1.54) is 0 Å². The molecule has 0 spiro atoms. The molecule has 1 aliphatic rings. The number of rotatable bonds is 6. The number of hydrogen-bond acceptors (Lipinski definition) is 5. The van der Waals surface area contributed by atoms with E-state index >= 15 is 0 Å². The molecule has 1 aliphatic heterocycles. The van der Waals surface area contributed by atoms with Crippen molar-refractivity contribution in [3.63, 3.8) is 0 Å². The number of carbonyl (C=O) groups excluding carboxylic acids is 1. The van der Waals surface area contributed by atoms with Crippen molar-refractivity contribution in [2.24, 2.45) is 0 Å². The van der Waals surface area contributed by atoms with Crippen LogP contribution in [0.25, 0.3) is 11.1 Å². The number of piperidine rings is 1. The lowest BCUT2D eigenvalue weighted by Crippen LogP contribution is -2.49. The molecule has 174 valence electrons. The van der Waals surface area contributed by atoms with Gasteiger partial charge in [-0.15, -0.1) is 0 Å². The van der Waals surface area contributed by atoms with Gasteiger partial charge in [0.05, 0.1) is 29.9 Å². The lowest BCUT2D eigenvalue weighted by atomic mass is 9.71. The van der Waals surface area contributed by atoms with Crippen molar-refractivity contribution in [1.82, 2.24) is 9.88 Å². The zero-order valence-corrected chi connectivity index (χ0v) is 19.4. The fraction of sp³-hybridized carbons (Fsp3) is 0.207. The fourth-order valence-corrected chi connectivity index (χ4v) is 4.75. The highest BCUT2D eigenvalue weighted by Crippen LogP contribution is 2.38. The number of nitrogens with one attached hydrogen (secondary N) is 1. The summed E-state index contributed by atoms with van der Waals surface area (Å²) in [7, 11) is 0. The Hall–Kier alpha value is -4.21. The summed E-state index contributed by atoms with van der Waals surface area (Å²) >= 11 is 0. The third kappa shape index (κ3) is 4.86. The highest BCUT2D eigenvalue weighted by Gasteiger charge is 2.43. The molecule has 2 aromatic carbocycles. The van der Waals surface area contributed by atoms with Crippen molar-refractivity contribution >= 4 is 11.7 Å². The first-order valence-corrected chi connectivity index (χ1v) is 11.7. The molecule has 5 rings (SSSR count). The zero-order valence-electron chi connectivity index (χ0n) is 19.4. The summed E-state index contributed by atoms with van der Waals surface area (Å²) in [5, 5.41) is 12.1. The molecule has 35 heavy (non-hydrogen) atoms. The van der Waals surface area contributed by atoms with Gasteiger partial charge in [-0.05, 0) is 79.0 Å². The van der Waals surface area contributed by atoms with Crippen molar-refractivity contribution in [2.75, 3.05) is 18.4 Å². The van der Waals surface area contributed by atoms with Crippen LogP contribution >= 0.6 is 0 Å². The topological polar surface area (TPSA) is 82.2 Å². The van der Waals surface area contributed by atoms with Crippen LogP contribution < -0.4 is 5.32 Å². The Morgan fingerprint density at radius 1 is 0.971 bits per heavy atom. The maximum absolute atomic E-state index is 13.7. The molecule has 1 fully saturated rings. The fourth-order valence-electron chi connectivity index (χ4n) is 4.75. The highest BCUT2D eigenvalue weighted by molar-refractivity contribution is 5.98. The van der Waals surface area contributed by atoms with Gasteiger partial charge >= 0.3 is 0 Å². The third-order valence-corrected chi connectivity index (χ3v) is 6.80. The number of nitrogens with zero attached hydrogens (tertiary/aromatic N) is 3. The van der Waals surface area contributed by atoms with Gasteiger partial charge in [-0.2, -0.15) is 5.26 Å². The van der Waals surface area contributed by atoms with E-state index in [1.54, 1.807) is 12.5 Å². The molecule has 1 saturated heterocycles. The van der Waals surface area contributed by atoms with Gasteiger partial charge in [-0.3, -0.25) is 9.69 Å². The molecule has 0 unspecified atom stereocenters. The van der Waals surface area contributed by atoms with Crippen molar-refractivity contribution in [2.45, 2.75) is 24.8 Å². The molecule has 6 nitrogen and oxygen atoms in total. The van der Waals surface area contributed by atoms with Crippen LogP contribution in [0.5, 0.6) is 0 Å². The van der Waals surface area contributed by atoms with Crippen molar-refractivity contribution in [3.05, 3.63) is 108 Å². The number of likely N-dealkylation sites (tertiary alicyclic amines) is 1. The Bertz CT molecular complexity index is 1300. The number of nitriles is 1. The molecule has 6 heteroatoms. The molecule has 0 saturated carbocycles. The Kier molecular flexibility index (Phi) is 6.42. The van der Waals surface area contributed by atoms with Gasteiger partial charge < -0.3 is 9.73 Å². The van der Waals surface area contributed by atoms with Crippen LogP contribution in [0.4, 0.5) is 5.82 Å². The first-order valence-electron chi connectivity index (χ1n) is 11.7. The number of aromatic nitrogens is 1. The minimum absolute atomic E-state index is 0.0278. The summed E-state index contributed by atoms with van der Waals surface area (Å²) in [6, 6.07) is 27.3. The third-order valence-electron chi connectivity index (χ3n) is 6.80. The average molecular weight is 463 g/mol. The monoisotopic (exact) mass is 462 g/mol. The van der Waals surface area contributed by atoms with E-state index in [1.807, 2.05) is 54.6 Å². The first kappa shape index (κ1) is 22.6. The van der Waals surface area contributed by atoms with E-state index in [2.05, 4.69) is 45.5 Å². The van der Waals surface area contributed by atoms with Gasteiger partial charge in [0.25, 0.3) is 0 Å². The van der Waals surface area contributed by atoms with Crippen LogP contribution in [0.2, 0.25) is 0 Å². The molecule has 0 bridgehead atoms. The average Bonchev–Trinajstić information content (AvgIpc) is 3.43. The van der Waals surface area contributed by atoms with E-state index in [9.17, 15) is 4.79 Å². The van der Waals surface area contributed by atoms with Crippen LogP contribution in [0.15, 0.2) is 95.7 Å². The second-order valence-corrected chi connectivity index (χ2v) is 8.87. The van der Waals surface area contributed by atoms with Crippen LogP contribution in [0, 0.1) is 11.3 Å². The first-order chi connectivity index (χ1) is 17.2. The minimum Gasteiger partial charge on any atom is -0.468 e. The lowest BCUT2D eigenvalue weighted by Gasteiger charge is -2.40. The summed E-state index contributed by atoms with van der Waals surface area (Å²) in [5.74, 6) is 1.46. The van der Waals surface area contributed by atoms with E-state index in [-0.39, 0.29) is 5.91 Å². The summed E-state index contributed by atoms with van der Waals surface area (Å²) in [5.41, 5.74) is 3.07. The Labute approximate surface area is 204 Å². The molecule has 1 amide bonds. The number of hydrogen-bond donors (Lipinski definition) is 1. The largest absolute Gasteiger partial charge is 0.468 e. The maximum atomic E-state index is 13.7. The van der Waals surface area contributed by atoms with E-state index < -0.39 is 5.41 Å². The summed E-state index contributed by atoms with van der Waals surface area (Å²) < 4.78 is 5.52. The standard InChI is InChI=1S/C29H26N4O2/c30-20-22-6-8-23(9-7-22)24-10-12-25(13-11-24)29(28(34)32-27-5-1-2-16-31-27)14-17-33(18-15-29)21-26-4-3-19-35-26/h1-13,16,19H,14-15,17-18,21H2,(H,31,32,34). The number of carbonyl (C=O) groups is 1. The van der Waals surface area contributed by atoms with Crippen LogP contribution in [0.3, 0.4) is 0 Å². The van der Waals surface area contributed by atoms with Gasteiger partial charge in [0.2, 0.25) is 5.91 Å². The predicted molar refractivity (Wildman–Crippen MR) is 134 cm³/mol. The molecule has 0 atom stereocenters. The number of benzene rings is 2. The summed E-state index contributed by atoms with van der Waals surface area (Å²) in [4.78, 5) is 20.3. The lowest BCUT2D eigenvalue weighted by molar-refractivity contribution is -0.123. The molecule has 2 aromatic heterocycles. The molecule has 3 heterocycles. The van der Waals surface area contributed by atoms with Crippen molar-refractivity contribution in [3.8, 4) is 17.2 Å². The normalized spacial score (nSPS) is 15.3. The maximum Gasteiger partial charge on any atom is 0.236 e. The zero-order chi connectivity index (χ0) is 24.1. The molecule has 0 radical (unpaired) electrons. The SMILES string of the molecule is N#Cc1ccc(-c2ccc(C3(C(=O)Nc4ccccn4)CCN(Cc4ccco4)CC3)cc2)cc1. The van der Waals surface area contributed by atoms with Gasteiger partial charge in [-0.25, -0.2) is 4.98 Å². The number of furan rings is 1. The Morgan fingerprint density at radius 2 is 1.69 bits per heavy atom. The van der Waals surface area contributed by atoms with Crippen molar-refractivity contribution in [1.29, 1.82) is 5.26 Å². The van der Waals surface area contributed by atoms with E-state index in [0.29, 0.717) is 24.2 Å². The quantitative estimate of drug-likeness (QED) is 0.416. The van der Waals surface area contributed by atoms with Crippen LogP contribution in [-0.4, -0.2) is 28.9 Å². The minimum atomic E-state index is -0.652.